The van der Waals surface area contributed by atoms with E-state index in [0.29, 0.717) is 18.2 Å². The van der Waals surface area contributed by atoms with Gasteiger partial charge in [0.25, 0.3) is 5.91 Å². The molecule has 3 nitrogen and oxygen atoms in total. The van der Waals surface area contributed by atoms with Crippen molar-refractivity contribution in [2.45, 2.75) is 25.8 Å². The third kappa shape index (κ3) is 2.80. The van der Waals surface area contributed by atoms with E-state index in [-0.39, 0.29) is 11.7 Å². The van der Waals surface area contributed by atoms with Crippen LogP contribution in [0.4, 0.5) is 0 Å². The predicted molar refractivity (Wildman–Crippen MR) is 70.7 cm³/mol. The Bertz CT molecular complexity index is 429. The van der Waals surface area contributed by atoms with Gasteiger partial charge in [0.1, 0.15) is 5.75 Å². The lowest BCUT2D eigenvalue weighted by Crippen LogP contribution is -2.34. The van der Waals surface area contributed by atoms with E-state index in [1.807, 2.05) is 11.8 Å². The maximum atomic E-state index is 12.3. The second-order valence-corrected chi connectivity index (χ2v) is 5.23. The molecule has 17 heavy (non-hydrogen) atoms. The topological polar surface area (TPSA) is 40.5 Å². The largest absolute Gasteiger partial charge is 0.507 e. The molecule has 1 aromatic rings. The summed E-state index contributed by atoms with van der Waals surface area (Å²) >= 11 is 3.36. The lowest BCUT2D eigenvalue weighted by molar-refractivity contribution is 0.0751. The standard InChI is InChI=1S/C13H16BrNO2/c1-9-2-5-12(16)11(8-9)13(17)15(7-6-14)10-3-4-10/h2,5,8,10,16H,3-4,6-7H2,1H3. The molecule has 0 aliphatic heterocycles. The lowest BCUT2D eigenvalue weighted by atomic mass is 10.1. The number of phenols is 1. The molecule has 92 valence electrons. The van der Waals surface area contributed by atoms with Gasteiger partial charge in [-0.25, -0.2) is 0 Å². The van der Waals surface area contributed by atoms with Crippen molar-refractivity contribution < 1.29 is 9.90 Å². The van der Waals surface area contributed by atoms with Crippen LogP contribution < -0.4 is 0 Å². The number of hydrogen-bond donors (Lipinski definition) is 1. The Morgan fingerprint density at radius 2 is 2.24 bits per heavy atom. The first kappa shape index (κ1) is 12.4. The molecule has 0 saturated heterocycles. The van der Waals surface area contributed by atoms with Gasteiger partial charge in [0.15, 0.2) is 0 Å². The number of alkyl halides is 1. The molecule has 1 aliphatic carbocycles. The second kappa shape index (κ2) is 5.08. The molecule has 0 bridgehead atoms. The smallest absolute Gasteiger partial charge is 0.257 e. The Labute approximate surface area is 110 Å². The highest BCUT2D eigenvalue weighted by atomic mass is 79.9. The zero-order valence-electron chi connectivity index (χ0n) is 9.82. The molecule has 1 fully saturated rings. The molecule has 0 heterocycles. The summed E-state index contributed by atoms with van der Waals surface area (Å²) in [5, 5.41) is 10.5. The van der Waals surface area contributed by atoms with Gasteiger partial charge in [0.05, 0.1) is 5.56 Å². The quantitative estimate of drug-likeness (QED) is 0.868. The summed E-state index contributed by atoms with van der Waals surface area (Å²) in [5.41, 5.74) is 1.40. The molecule has 0 radical (unpaired) electrons. The van der Waals surface area contributed by atoms with Crippen LogP contribution in [0.15, 0.2) is 18.2 Å². The number of aryl methyl sites for hydroxylation is 1. The van der Waals surface area contributed by atoms with Gasteiger partial charge in [-0.1, -0.05) is 27.6 Å². The fourth-order valence-corrected chi connectivity index (χ4v) is 2.29. The van der Waals surface area contributed by atoms with E-state index in [2.05, 4.69) is 15.9 Å². The van der Waals surface area contributed by atoms with Gasteiger partial charge in [0, 0.05) is 17.9 Å². The van der Waals surface area contributed by atoms with Gasteiger partial charge in [-0.2, -0.15) is 0 Å². The fraction of sp³-hybridized carbons (Fsp3) is 0.462. The molecule has 0 atom stereocenters. The van der Waals surface area contributed by atoms with E-state index in [1.165, 1.54) is 0 Å². The van der Waals surface area contributed by atoms with Gasteiger partial charge in [0.2, 0.25) is 0 Å². The first-order chi connectivity index (χ1) is 8.13. The minimum Gasteiger partial charge on any atom is -0.507 e. The van der Waals surface area contributed by atoms with Crippen LogP contribution >= 0.6 is 15.9 Å². The number of hydrogen-bond acceptors (Lipinski definition) is 2. The Hall–Kier alpha value is -1.03. The van der Waals surface area contributed by atoms with Crippen molar-refractivity contribution in [2.75, 3.05) is 11.9 Å². The summed E-state index contributed by atoms with van der Waals surface area (Å²) in [6.45, 7) is 2.61. The number of aromatic hydroxyl groups is 1. The summed E-state index contributed by atoms with van der Waals surface area (Å²) in [7, 11) is 0. The average molecular weight is 298 g/mol. The molecule has 1 N–H and O–H groups in total. The van der Waals surface area contributed by atoms with Crippen LogP contribution in [0.3, 0.4) is 0 Å². The number of carbonyl (C=O) groups excluding carboxylic acids is 1. The molecule has 2 rings (SSSR count). The van der Waals surface area contributed by atoms with Crippen molar-refractivity contribution in [1.29, 1.82) is 0 Å². The molecule has 1 aromatic carbocycles. The zero-order chi connectivity index (χ0) is 12.4. The number of carbonyl (C=O) groups is 1. The van der Waals surface area contributed by atoms with E-state index in [9.17, 15) is 9.90 Å². The van der Waals surface area contributed by atoms with Crippen molar-refractivity contribution in [3.63, 3.8) is 0 Å². The van der Waals surface area contributed by atoms with Crippen LogP contribution in [0, 0.1) is 6.92 Å². The van der Waals surface area contributed by atoms with Crippen molar-refractivity contribution in [2.24, 2.45) is 0 Å². The van der Waals surface area contributed by atoms with Crippen LogP contribution in [0.2, 0.25) is 0 Å². The maximum absolute atomic E-state index is 12.3. The Balaban J connectivity index is 2.24. The molecule has 0 unspecified atom stereocenters. The zero-order valence-corrected chi connectivity index (χ0v) is 11.4. The van der Waals surface area contributed by atoms with Crippen molar-refractivity contribution in [3.8, 4) is 5.75 Å². The summed E-state index contributed by atoms with van der Waals surface area (Å²) < 4.78 is 0. The minimum atomic E-state index is -0.0619. The summed E-state index contributed by atoms with van der Waals surface area (Å²) in [6, 6.07) is 5.50. The number of benzene rings is 1. The molecule has 1 saturated carbocycles. The Morgan fingerprint density at radius 3 is 2.82 bits per heavy atom. The van der Waals surface area contributed by atoms with E-state index >= 15 is 0 Å². The monoisotopic (exact) mass is 297 g/mol. The third-order valence-electron chi connectivity index (χ3n) is 2.96. The molecule has 4 heteroatoms. The average Bonchev–Trinajstić information content (AvgIpc) is 3.12. The Kier molecular flexibility index (Phi) is 3.72. The fourth-order valence-electron chi connectivity index (χ4n) is 1.90. The van der Waals surface area contributed by atoms with E-state index in [1.54, 1.807) is 18.2 Å². The summed E-state index contributed by atoms with van der Waals surface area (Å²) in [4.78, 5) is 14.2. The van der Waals surface area contributed by atoms with Crippen LogP contribution in [-0.4, -0.2) is 33.8 Å². The summed E-state index contributed by atoms with van der Waals surface area (Å²) in [5.74, 6) is 0.00831. The lowest BCUT2D eigenvalue weighted by Gasteiger charge is -2.22. The molecular weight excluding hydrogens is 282 g/mol. The van der Waals surface area contributed by atoms with Crippen molar-refractivity contribution in [3.05, 3.63) is 29.3 Å². The van der Waals surface area contributed by atoms with Crippen LogP contribution in [0.5, 0.6) is 5.75 Å². The number of nitrogens with zero attached hydrogens (tertiary/aromatic N) is 1. The van der Waals surface area contributed by atoms with E-state index in [0.717, 1.165) is 23.7 Å². The van der Waals surface area contributed by atoms with Gasteiger partial charge in [-0.15, -0.1) is 0 Å². The van der Waals surface area contributed by atoms with Crippen molar-refractivity contribution in [1.82, 2.24) is 4.90 Å². The highest BCUT2D eigenvalue weighted by molar-refractivity contribution is 9.09. The molecular formula is C13H16BrNO2. The molecule has 0 spiro atoms. The first-order valence-electron chi connectivity index (χ1n) is 5.80. The van der Waals surface area contributed by atoms with Gasteiger partial charge >= 0.3 is 0 Å². The molecule has 0 aromatic heterocycles. The highest BCUT2D eigenvalue weighted by Crippen LogP contribution is 2.30. The highest BCUT2D eigenvalue weighted by Gasteiger charge is 2.33. The van der Waals surface area contributed by atoms with Crippen LogP contribution in [0.25, 0.3) is 0 Å². The van der Waals surface area contributed by atoms with Gasteiger partial charge in [-0.05, 0) is 31.9 Å². The SMILES string of the molecule is Cc1ccc(O)c(C(=O)N(CCBr)C2CC2)c1. The molecule has 1 aliphatic rings. The van der Waals surface area contributed by atoms with Crippen molar-refractivity contribution >= 4 is 21.8 Å². The number of phenolic OH excluding ortho intramolecular Hbond substituents is 1. The number of rotatable bonds is 4. The minimum absolute atomic E-state index is 0.0619. The van der Waals surface area contributed by atoms with Crippen LogP contribution in [0.1, 0.15) is 28.8 Å². The molecule has 1 amide bonds. The predicted octanol–water partition coefficient (Wildman–Crippen LogP) is 2.70. The van der Waals surface area contributed by atoms with E-state index in [4.69, 9.17) is 0 Å². The van der Waals surface area contributed by atoms with Gasteiger partial charge in [-0.3, -0.25) is 4.79 Å². The van der Waals surface area contributed by atoms with E-state index < -0.39 is 0 Å². The second-order valence-electron chi connectivity index (χ2n) is 4.44. The number of halogens is 1. The Morgan fingerprint density at radius 1 is 1.53 bits per heavy atom. The summed E-state index contributed by atoms with van der Waals surface area (Å²) in [6.07, 6.45) is 2.15. The first-order valence-corrected chi connectivity index (χ1v) is 6.92. The van der Waals surface area contributed by atoms with Gasteiger partial charge < -0.3 is 10.0 Å². The third-order valence-corrected chi connectivity index (χ3v) is 3.31. The maximum Gasteiger partial charge on any atom is 0.257 e. The number of amides is 1. The van der Waals surface area contributed by atoms with Crippen LogP contribution in [-0.2, 0) is 0 Å². The normalized spacial score (nSPS) is 14.7.